The predicted molar refractivity (Wildman–Crippen MR) is 90.8 cm³/mol. The number of ether oxygens (including phenoxy) is 1. The van der Waals surface area contributed by atoms with Crippen molar-refractivity contribution in [2.45, 2.75) is 25.7 Å². The fourth-order valence-corrected chi connectivity index (χ4v) is 4.22. The lowest BCUT2D eigenvalue weighted by Crippen LogP contribution is -2.52. The van der Waals surface area contributed by atoms with Crippen molar-refractivity contribution in [2.75, 3.05) is 45.9 Å². The van der Waals surface area contributed by atoms with Gasteiger partial charge in [0.25, 0.3) is 5.91 Å². The molecule has 2 saturated heterocycles. The van der Waals surface area contributed by atoms with E-state index in [1.54, 1.807) is 6.33 Å². The largest absolute Gasteiger partial charge is 0.379 e. The average molecular weight is 332 g/mol. The van der Waals surface area contributed by atoms with E-state index in [4.69, 9.17) is 4.74 Å². The maximum Gasteiger partial charge on any atom is 0.274 e. The average Bonchev–Trinajstić information content (AvgIpc) is 3.32. The standard InChI is InChI=1S/C18H28N4O2/c1-20-10-16(19-14-20)17(23)22-6-2-5-18(12-22)11-21(7-8-24-13-18)9-15-3-4-15/h10,14-15H,2-9,11-13H2,1H3/t18-/m1/s1. The number of aryl methyl sites for hydroxylation is 1. The van der Waals surface area contributed by atoms with E-state index in [2.05, 4.69) is 9.88 Å². The quantitative estimate of drug-likeness (QED) is 0.839. The van der Waals surface area contributed by atoms with Gasteiger partial charge in [-0.1, -0.05) is 0 Å². The van der Waals surface area contributed by atoms with Crippen LogP contribution in [0.3, 0.4) is 0 Å². The van der Waals surface area contributed by atoms with Gasteiger partial charge >= 0.3 is 0 Å². The van der Waals surface area contributed by atoms with Crippen LogP contribution in [0.5, 0.6) is 0 Å². The van der Waals surface area contributed by atoms with E-state index in [1.807, 2.05) is 22.7 Å². The van der Waals surface area contributed by atoms with Crippen LogP contribution in [0.1, 0.15) is 36.2 Å². The lowest BCUT2D eigenvalue weighted by atomic mass is 9.80. The minimum absolute atomic E-state index is 0.0627. The summed E-state index contributed by atoms with van der Waals surface area (Å²) >= 11 is 0. The number of carbonyl (C=O) groups is 1. The maximum absolute atomic E-state index is 12.8. The van der Waals surface area contributed by atoms with Gasteiger partial charge in [-0.25, -0.2) is 4.98 Å². The zero-order chi connectivity index (χ0) is 16.6. The molecule has 0 N–H and O–H groups in total. The summed E-state index contributed by atoms with van der Waals surface area (Å²) in [5, 5.41) is 0. The van der Waals surface area contributed by atoms with Crippen LogP contribution in [-0.2, 0) is 11.8 Å². The van der Waals surface area contributed by atoms with Gasteiger partial charge in [-0.3, -0.25) is 4.79 Å². The molecule has 24 heavy (non-hydrogen) atoms. The zero-order valence-corrected chi connectivity index (χ0v) is 14.6. The molecule has 3 aliphatic rings. The summed E-state index contributed by atoms with van der Waals surface area (Å²) in [7, 11) is 1.90. The van der Waals surface area contributed by atoms with E-state index in [-0.39, 0.29) is 11.3 Å². The molecule has 3 fully saturated rings. The number of imidazole rings is 1. The van der Waals surface area contributed by atoms with Crippen molar-refractivity contribution in [1.82, 2.24) is 19.4 Å². The first kappa shape index (κ1) is 16.1. The number of nitrogens with zero attached hydrogens (tertiary/aromatic N) is 4. The van der Waals surface area contributed by atoms with Crippen molar-refractivity contribution < 1.29 is 9.53 Å². The van der Waals surface area contributed by atoms with Crippen molar-refractivity contribution in [3.63, 3.8) is 0 Å². The molecule has 0 aromatic carbocycles. The molecule has 6 nitrogen and oxygen atoms in total. The molecule has 1 aromatic rings. The monoisotopic (exact) mass is 332 g/mol. The molecular formula is C18H28N4O2. The van der Waals surface area contributed by atoms with Gasteiger partial charge in [-0.05, 0) is 31.6 Å². The Balaban J connectivity index is 1.46. The molecule has 0 bridgehead atoms. The maximum atomic E-state index is 12.8. The molecule has 1 aromatic heterocycles. The van der Waals surface area contributed by atoms with Crippen LogP contribution in [0.4, 0.5) is 0 Å². The lowest BCUT2D eigenvalue weighted by molar-refractivity contribution is 0.00696. The van der Waals surface area contributed by atoms with E-state index < -0.39 is 0 Å². The number of hydrogen-bond acceptors (Lipinski definition) is 4. The number of hydrogen-bond donors (Lipinski definition) is 0. The number of carbonyl (C=O) groups excluding carboxylic acids is 1. The molecule has 2 aliphatic heterocycles. The molecule has 0 unspecified atom stereocenters. The summed E-state index contributed by atoms with van der Waals surface area (Å²) in [5.41, 5.74) is 0.646. The third kappa shape index (κ3) is 3.49. The lowest BCUT2D eigenvalue weighted by Gasteiger charge is -2.43. The Bertz CT molecular complexity index is 598. The molecule has 1 aliphatic carbocycles. The van der Waals surface area contributed by atoms with Gasteiger partial charge in [-0.15, -0.1) is 0 Å². The van der Waals surface area contributed by atoms with Crippen LogP contribution >= 0.6 is 0 Å². The van der Waals surface area contributed by atoms with Crippen LogP contribution in [0.25, 0.3) is 0 Å². The van der Waals surface area contributed by atoms with Crippen LogP contribution < -0.4 is 0 Å². The van der Waals surface area contributed by atoms with E-state index >= 15 is 0 Å². The summed E-state index contributed by atoms with van der Waals surface area (Å²) in [4.78, 5) is 21.6. The van der Waals surface area contributed by atoms with Crippen molar-refractivity contribution in [3.8, 4) is 0 Å². The second-order valence-electron chi connectivity index (χ2n) is 7.99. The predicted octanol–water partition coefficient (Wildman–Crippen LogP) is 1.38. The molecular weight excluding hydrogens is 304 g/mol. The van der Waals surface area contributed by atoms with Crippen molar-refractivity contribution in [2.24, 2.45) is 18.4 Å². The smallest absolute Gasteiger partial charge is 0.274 e. The highest BCUT2D eigenvalue weighted by atomic mass is 16.5. The van der Waals surface area contributed by atoms with E-state index in [0.717, 1.165) is 58.2 Å². The highest BCUT2D eigenvalue weighted by Crippen LogP contribution is 2.36. The van der Waals surface area contributed by atoms with Gasteiger partial charge in [0.2, 0.25) is 0 Å². The van der Waals surface area contributed by atoms with Crippen LogP contribution in [-0.4, -0.2) is 71.2 Å². The Morgan fingerprint density at radius 2 is 2.25 bits per heavy atom. The molecule has 4 rings (SSSR count). The molecule has 1 amide bonds. The van der Waals surface area contributed by atoms with Crippen molar-refractivity contribution >= 4 is 5.91 Å². The Kier molecular flexibility index (Phi) is 4.35. The first-order valence-corrected chi connectivity index (χ1v) is 9.21. The van der Waals surface area contributed by atoms with Gasteiger partial charge in [0.1, 0.15) is 5.69 Å². The Hall–Kier alpha value is -1.40. The Labute approximate surface area is 143 Å². The molecule has 132 valence electrons. The number of rotatable bonds is 3. The molecule has 1 saturated carbocycles. The van der Waals surface area contributed by atoms with E-state index in [0.29, 0.717) is 5.69 Å². The van der Waals surface area contributed by atoms with Gasteiger partial charge in [0, 0.05) is 51.4 Å². The minimum Gasteiger partial charge on any atom is -0.379 e. The molecule has 1 spiro atoms. The van der Waals surface area contributed by atoms with Gasteiger partial charge in [0.05, 0.1) is 19.5 Å². The first-order valence-electron chi connectivity index (χ1n) is 9.21. The van der Waals surface area contributed by atoms with E-state index in [1.165, 1.54) is 19.4 Å². The normalized spacial score (nSPS) is 29.0. The summed E-state index contributed by atoms with van der Waals surface area (Å²) in [6.45, 7) is 6.54. The summed E-state index contributed by atoms with van der Waals surface area (Å²) in [6.07, 6.45) is 8.48. The van der Waals surface area contributed by atoms with E-state index in [9.17, 15) is 4.79 Å². The second kappa shape index (κ2) is 6.48. The minimum atomic E-state index is 0.0627. The fourth-order valence-electron chi connectivity index (χ4n) is 4.22. The Morgan fingerprint density at radius 3 is 3.00 bits per heavy atom. The second-order valence-corrected chi connectivity index (χ2v) is 7.99. The summed E-state index contributed by atoms with van der Waals surface area (Å²) in [6, 6.07) is 0. The summed E-state index contributed by atoms with van der Waals surface area (Å²) < 4.78 is 7.79. The van der Waals surface area contributed by atoms with Gasteiger partial charge < -0.3 is 19.1 Å². The van der Waals surface area contributed by atoms with Crippen molar-refractivity contribution in [3.05, 3.63) is 18.2 Å². The highest BCUT2D eigenvalue weighted by Gasteiger charge is 2.41. The number of aromatic nitrogens is 2. The van der Waals surface area contributed by atoms with Crippen molar-refractivity contribution in [1.29, 1.82) is 0 Å². The first-order chi connectivity index (χ1) is 11.6. The topological polar surface area (TPSA) is 50.6 Å². The van der Waals surface area contributed by atoms with Gasteiger partial charge in [-0.2, -0.15) is 0 Å². The summed E-state index contributed by atoms with van der Waals surface area (Å²) in [5.74, 6) is 0.961. The molecule has 1 atom stereocenters. The molecule has 0 radical (unpaired) electrons. The highest BCUT2D eigenvalue weighted by molar-refractivity contribution is 5.92. The van der Waals surface area contributed by atoms with Crippen LogP contribution in [0.15, 0.2) is 12.5 Å². The zero-order valence-electron chi connectivity index (χ0n) is 14.6. The third-order valence-corrected chi connectivity index (χ3v) is 5.61. The number of likely N-dealkylation sites (tertiary alicyclic amines) is 1. The number of piperidine rings is 1. The number of amides is 1. The third-order valence-electron chi connectivity index (χ3n) is 5.61. The SMILES string of the molecule is Cn1cnc(C(=O)N2CCC[C@]3(COCCN(CC4CC4)C3)C2)c1. The molecule has 3 heterocycles. The fraction of sp³-hybridized carbons (Fsp3) is 0.778. The van der Waals surface area contributed by atoms with Gasteiger partial charge in [0.15, 0.2) is 0 Å². The van der Waals surface area contributed by atoms with Crippen LogP contribution in [0.2, 0.25) is 0 Å². The Morgan fingerprint density at radius 1 is 1.38 bits per heavy atom. The van der Waals surface area contributed by atoms with Crippen LogP contribution in [0, 0.1) is 11.3 Å². The molecule has 6 heteroatoms.